The zero-order valence-electron chi connectivity index (χ0n) is 6.37. The molecule has 0 aromatic carbocycles. The van der Waals surface area contributed by atoms with E-state index in [1.807, 2.05) is 0 Å². The number of carbonyl (C=O) groups excluding carboxylic acids is 1. The highest BCUT2D eigenvalue weighted by Gasteiger charge is 2.05. The van der Waals surface area contributed by atoms with Crippen molar-refractivity contribution in [3.63, 3.8) is 0 Å². The second-order valence-corrected chi connectivity index (χ2v) is 1.80. The van der Waals surface area contributed by atoms with Gasteiger partial charge >= 0.3 is 6.16 Å². The van der Waals surface area contributed by atoms with Gasteiger partial charge in [-0.05, 0) is 6.92 Å². The fourth-order valence-corrected chi connectivity index (χ4v) is 0.335. The van der Waals surface area contributed by atoms with E-state index in [-0.39, 0.29) is 12.7 Å². The van der Waals surface area contributed by atoms with Gasteiger partial charge in [0.1, 0.15) is 6.10 Å². The number of rotatable bonds is 3. The molecule has 0 amide bonds. The van der Waals surface area contributed by atoms with Crippen LogP contribution in [0.25, 0.3) is 0 Å². The van der Waals surface area contributed by atoms with E-state index in [4.69, 9.17) is 6.42 Å². The van der Waals surface area contributed by atoms with Crippen molar-refractivity contribution in [3.8, 4) is 12.3 Å². The number of hydrogen-bond donors (Lipinski definition) is 0. The Labute approximate surface area is 66.0 Å². The Morgan fingerprint density at radius 1 is 1.91 bits per heavy atom. The van der Waals surface area contributed by atoms with Crippen molar-refractivity contribution >= 4 is 6.16 Å². The Balaban J connectivity index is 3.53. The standard InChI is InChI=1S/C8H10O3/c1-4-6-10-8(9)11-7(3)5-2/h1,5,7H,2,6H2,3H3. The molecule has 0 aliphatic rings. The summed E-state index contributed by atoms with van der Waals surface area (Å²) in [6.45, 7) is 5.02. The summed E-state index contributed by atoms with van der Waals surface area (Å²) in [5, 5.41) is 0. The normalized spacial score (nSPS) is 10.9. The summed E-state index contributed by atoms with van der Waals surface area (Å²) in [5.74, 6) is 2.14. The molecule has 1 unspecified atom stereocenters. The number of hydrogen-bond acceptors (Lipinski definition) is 3. The molecule has 0 radical (unpaired) electrons. The lowest BCUT2D eigenvalue weighted by Crippen LogP contribution is -2.13. The molecule has 11 heavy (non-hydrogen) atoms. The van der Waals surface area contributed by atoms with Crippen molar-refractivity contribution in [2.75, 3.05) is 6.61 Å². The molecule has 3 heteroatoms. The largest absolute Gasteiger partial charge is 0.509 e. The maximum atomic E-state index is 10.6. The Morgan fingerprint density at radius 2 is 2.55 bits per heavy atom. The molecule has 0 aliphatic carbocycles. The fraction of sp³-hybridized carbons (Fsp3) is 0.375. The van der Waals surface area contributed by atoms with Crippen LogP contribution in [0.4, 0.5) is 4.79 Å². The third-order valence-corrected chi connectivity index (χ3v) is 0.887. The summed E-state index contributed by atoms with van der Waals surface area (Å²) in [6, 6.07) is 0. The van der Waals surface area contributed by atoms with E-state index in [9.17, 15) is 4.79 Å². The Bertz CT molecular complexity index is 178. The van der Waals surface area contributed by atoms with Crippen molar-refractivity contribution in [1.82, 2.24) is 0 Å². The maximum absolute atomic E-state index is 10.6. The summed E-state index contributed by atoms with van der Waals surface area (Å²) >= 11 is 0. The molecule has 0 fully saturated rings. The smallest absolute Gasteiger partial charge is 0.427 e. The average Bonchev–Trinajstić information content (AvgIpc) is 2.00. The van der Waals surface area contributed by atoms with Crippen LogP contribution in [-0.2, 0) is 9.47 Å². The summed E-state index contributed by atoms with van der Waals surface area (Å²) < 4.78 is 9.05. The van der Waals surface area contributed by atoms with E-state index in [0.717, 1.165) is 0 Å². The molecule has 0 N–H and O–H groups in total. The van der Waals surface area contributed by atoms with Crippen LogP contribution in [0.15, 0.2) is 12.7 Å². The van der Waals surface area contributed by atoms with E-state index in [1.54, 1.807) is 6.92 Å². The molecular weight excluding hydrogens is 144 g/mol. The lowest BCUT2D eigenvalue weighted by atomic mass is 10.4. The van der Waals surface area contributed by atoms with Crippen LogP contribution in [0, 0.1) is 12.3 Å². The van der Waals surface area contributed by atoms with Gasteiger partial charge in [-0.1, -0.05) is 18.6 Å². The molecule has 0 saturated carbocycles. The van der Waals surface area contributed by atoms with Gasteiger partial charge in [0, 0.05) is 0 Å². The molecule has 1 atom stereocenters. The molecule has 0 heterocycles. The maximum Gasteiger partial charge on any atom is 0.509 e. The second-order valence-electron chi connectivity index (χ2n) is 1.80. The molecule has 0 spiro atoms. The average molecular weight is 154 g/mol. The lowest BCUT2D eigenvalue weighted by molar-refractivity contribution is 0.0504. The SMILES string of the molecule is C#CCOC(=O)OC(C)C=C. The second kappa shape index (κ2) is 5.36. The highest BCUT2D eigenvalue weighted by Crippen LogP contribution is 1.93. The van der Waals surface area contributed by atoms with Gasteiger partial charge in [0.15, 0.2) is 6.61 Å². The first-order valence-electron chi connectivity index (χ1n) is 3.10. The highest BCUT2D eigenvalue weighted by molar-refractivity contribution is 5.60. The molecule has 60 valence electrons. The topological polar surface area (TPSA) is 35.5 Å². The Kier molecular flexibility index (Phi) is 4.67. The third-order valence-electron chi connectivity index (χ3n) is 0.887. The molecule has 0 rings (SSSR count). The van der Waals surface area contributed by atoms with Crippen molar-refractivity contribution in [1.29, 1.82) is 0 Å². The first kappa shape index (κ1) is 9.57. The van der Waals surface area contributed by atoms with Gasteiger partial charge in [0.25, 0.3) is 0 Å². The van der Waals surface area contributed by atoms with Gasteiger partial charge in [-0.25, -0.2) is 4.79 Å². The van der Waals surface area contributed by atoms with Crippen molar-refractivity contribution < 1.29 is 14.3 Å². The summed E-state index contributed by atoms with van der Waals surface area (Å²) in [4.78, 5) is 10.6. The van der Waals surface area contributed by atoms with Crippen molar-refractivity contribution in [2.24, 2.45) is 0 Å². The van der Waals surface area contributed by atoms with Crippen molar-refractivity contribution in [2.45, 2.75) is 13.0 Å². The predicted octanol–water partition coefficient (Wildman–Crippen LogP) is 1.35. The van der Waals surface area contributed by atoms with Crippen LogP contribution in [0.2, 0.25) is 0 Å². The molecule has 3 nitrogen and oxygen atoms in total. The number of ether oxygens (including phenoxy) is 2. The van der Waals surface area contributed by atoms with Gasteiger partial charge in [0.05, 0.1) is 0 Å². The van der Waals surface area contributed by atoms with Gasteiger partial charge in [-0.2, -0.15) is 0 Å². The van der Waals surface area contributed by atoms with Gasteiger partial charge in [-0.3, -0.25) is 0 Å². The minimum atomic E-state index is -0.768. The molecule has 0 aromatic heterocycles. The summed E-state index contributed by atoms with van der Waals surface area (Å²) in [5.41, 5.74) is 0. The van der Waals surface area contributed by atoms with Crippen LogP contribution in [0.3, 0.4) is 0 Å². The number of terminal acetylenes is 1. The predicted molar refractivity (Wildman–Crippen MR) is 40.9 cm³/mol. The van der Waals surface area contributed by atoms with Crippen molar-refractivity contribution in [3.05, 3.63) is 12.7 Å². The third kappa shape index (κ3) is 5.04. The lowest BCUT2D eigenvalue weighted by Gasteiger charge is -2.06. The highest BCUT2D eigenvalue weighted by atomic mass is 16.7. The summed E-state index contributed by atoms with van der Waals surface area (Å²) in [6.07, 6.45) is 5.21. The van der Waals surface area contributed by atoms with Gasteiger partial charge in [0.2, 0.25) is 0 Å². The number of carbonyl (C=O) groups is 1. The minimum Gasteiger partial charge on any atom is -0.427 e. The van der Waals surface area contributed by atoms with E-state index in [0.29, 0.717) is 0 Å². The molecule has 0 aromatic rings. The molecular formula is C8H10O3. The van der Waals surface area contributed by atoms with E-state index >= 15 is 0 Å². The Hall–Kier alpha value is -1.43. The van der Waals surface area contributed by atoms with Crippen LogP contribution >= 0.6 is 0 Å². The van der Waals surface area contributed by atoms with Crippen LogP contribution in [0.1, 0.15) is 6.92 Å². The van der Waals surface area contributed by atoms with E-state index < -0.39 is 6.16 Å². The van der Waals surface area contributed by atoms with Crippen LogP contribution in [-0.4, -0.2) is 18.9 Å². The summed E-state index contributed by atoms with van der Waals surface area (Å²) in [7, 11) is 0. The van der Waals surface area contributed by atoms with E-state index in [1.165, 1.54) is 6.08 Å². The quantitative estimate of drug-likeness (QED) is 0.349. The van der Waals surface area contributed by atoms with Crippen LogP contribution in [0.5, 0.6) is 0 Å². The minimum absolute atomic E-state index is 0.0668. The van der Waals surface area contributed by atoms with Crippen LogP contribution < -0.4 is 0 Å². The zero-order valence-corrected chi connectivity index (χ0v) is 6.37. The molecule has 0 bridgehead atoms. The van der Waals surface area contributed by atoms with E-state index in [2.05, 4.69) is 22.0 Å². The molecule has 0 aliphatic heterocycles. The fourth-order valence-electron chi connectivity index (χ4n) is 0.335. The monoisotopic (exact) mass is 154 g/mol. The van der Waals surface area contributed by atoms with Gasteiger partial charge < -0.3 is 9.47 Å². The Morgan fingerprint density at radius 3 is 3.00 bits per heavy atom. The van der Waals surface area contributed by atoms with Gasteiger partial charge in [-0.15, -0.1) is 6.42 Å². The first-order valence-corrected chi connectivity index (χ1v) is 3.10. The first-order chi connectivity index (χ1) is 5.20. The zero-order chi connectivity index (χ0) is 8.69. The molecule has 0 saturated heterocycles.